The van der Waals surface area contributed by atoms with Crippen LogP contribution in [0, 0.1) is 0 Å². The summed E-state index contributed by atoms with van der Waals surface area (Å²) < 4.78 is 44.3. The maximum Gasteiger partial charge on any atom is 0.163 e. The first kappa shape index (κ1) is 31.6. The van der Waals surface area contributed by atoms with Gasteiger partial charge in [0.25, 0.3) is 0 Å². The number of rotatable bonds is 10. The van der Waals surface area contributed by atoms with Gasteiger partial charge >= 0.3 is 0 Å². The van der Waals surface area contributed by atoms with Gasteiger partial charge in [0.2, 0.25) is 0 Å². The van der Waals surface area contributed by atoms with Crippen molar-refractivity contribution in [2.24, 2.45) is 0 Å². The number of benzene rings is 2. The molecular formula is C35H50O7. The Bertz CT molecular complexity index is 1100. The molecule has 0 radical (unpaired) electrons. The van der Waals surface area contributed by atoms with Crippen molar-refractivity contribution < 1.29 is 33.2 Å². The lowest BCUT2D eigenvalue weighted by atomic mass is 9.93. The molecule has 3 aliphatic rings. The minimum Gasteiger partial charge on any atom is -0.374 e. The van der Waals surface area contributed by atoms with Gasteiger partial charge in [-0.3, -0.25) is 0 Å². The Kier molecular flexibility index (Phi) is 10.1. The highest BCUT2D eigenvalue weighted by molar-refractivity contribution is 5.16. The summed E-state index contributed by atoms with van der Waals surface area (Å²) in [5.74, 6) is -2.00. The van der Waals surface area contributed by atoms with E-state index in [1.807, 2.05) is 65.8 Å². The number of hydrogen-bond acceptors (Lipinski definition) is 7. The second kappa shape index (κ2) is 13.4. The lowest BCUT2D eigenvalue weighted by Crippen LogP contribution is -2.51. The van der Waals surface area contributed by atoms with Crippen LogP contribution in [-0.2, 0) is 46.2 Å². The molecule has 2 aromatic rings. The van der Waals surface area contributed by atoms with Crippen molar-refractivity contribution in [3.05, 3.63) is 71.8 Å². The molecule has 0 spiro atoms. The van der Waals surface area contributed by atoms with Crippen molar-refractivity contribution >= 4 is 0 Å². The molecule has 7 heteroatoms. The Morgan fingerprint density at radius 3 is 1.40 bits per heavy atom. The van der Waals surface area contributed by atoms with Crippen molar-refractivity contribution in [2.75, 3.05) is 6.61 Å². The van der Waals surface area contributed by atoms with Crippen LogP contribution in [0.4, 0.5) is 0 Å². The van der Waals surface area contributed by atoms with E-state index < -0.39 is 17.4 Å². The fraction of sp³-hybridized carbons (Fsp3) is 0.657. The molecule has 232 valence electrons. The fourth-order valence-corrected chi connectivity index (χ4v) is 6.81. The van der Waals surface area contributed by atoms with Crippen LogP contribution in [0.5, 0.6) is 0 Å². The van der Waals surface area contributed by atoms with Crippen molar-refractivity contribution in [3.63, 3.8) is 0 Å². The maximum atomic E-state index is 6.45. The van der Waals surface area contributed by atoms with E-state index in [-0.39, 0.29) is 36.6 Å². The van der Waals surface area contributed by atoms with Crippen LogP contribution in [0.1, 0.15) is 84.8 Å². The zero-order valence-corrected chi connectivity index (χ0v) is 26.3. The van der Waals surface area contributed by atoms with Gasteiger partial charge in [-0.1, -0.05) is 60.7 Å². The van der Waals surface area contributed by atoms with E-state index >= 15 is 0 Å². The van der Waals surface area contributed by atoms with Crippen molar-refractivity contribution in [1.82, 2.24) is 0 Å². The van der Waals surface area contributed by atoms with Crippen molar-refractivity contribution in [3.8, 4) is 0 Å². The predicted octanol–water partition coefficient (Wildman–Crippen LogP) is 6.96. The Labute approximate surface area is 252 Å². The molecule has 3 heterocycles. The Morgan fingerprint density at radius 1 is 0.524 bits per heavy atom. The zero-order chi connectivity index (χ0) is 29.8. The van der Waals surface area contributed by atoms with Gasteiger partial charge in [0.15, 0.2) is 17.4 Å². The summed E-state index contributed by atoms with van der Waals surface area (Å²) in [4.78, 5) is 0. The smallest absolute Gasteiger partial charge is 0.163 e. The summed E-state index contributed by atoms with van der Waals surface area (Å²) in [7, 11) is 0. The van der Waals surface area contributed by atoms with Gasteiger partial charge in [-0.05, 0) is 59.1 Å². The Balaban J connectivity index is 1.16. The average Bonchev–Trinajstić information content (AvgIpc) is 2.87. The van der Waals surface area contributed by atoms with E-state index in [1.54, 1.807) is 0 Å². The number of ether oxygens (including phenoxy) is 7. The summed E-state index contributed by atoms with van der Waals surface area (Å²) in [5, 5.41) is 0. The highest BCUT2D eigenvalue weighted by atomic mass is 16.7. The van der Waals surface area contributed by atoms with E-state index in [0.717, 1.165) is 44.1 Å². The van der Waals surface area contributed by atoms with Crippen molar-refractivity contribution in [2.45, 2.75) is 141 Å². The van der Waals surface area contributed by atoms with E-state index in [4.69, 9.17) is 33.2 Å². The summed E-state index contributed by atoms with van der Waals surface area (Å²) in [6.45, 7) is 13.1. The molecule has 0 amide bonds. The quantitative estimate of drug-likeness (QED) is 0.300. The van der Waals surface area contributed by atoms with Crippen LogP contribution >= 0.6 is 0 Å². The van der Waals surface area contributed by atoms with Crippen LogP contribution in [0.2, 0.25) is 0 Å². The van der Waals surface area contributed by atoms with Crippen LogP contribution in [0.3, 0.4) is 0 Å². The van der Waals surface area contributed by atoms with Gasteiger partial charge in [0.05, 0.1) is 49.8 Å². The van der Waals surface area contributed by atoms with E-state index in [0.29, 0.717) is 13.2 Å². The molecule has 0 bridgehead atoms. The fourth-order valence-electron chi connectivity index (χ4n) is 6.81. The van der Waals surface area contributed by atoms with Gasteiger partial charge < -0.3 is 33.2 Å². The molecular weight excluding hydrogens is 532 g/mol. The first-order valence-corrected chi connectivity index (χ1v) is 15.6. The van der Waals surface area contributed by atoms with Gasteiger partial charge in [-0.25, -0.2) is 0 Å². The first-order chi connectivity index (χ1) is 19.9. The Morgan fingerprint density at radius 2 is 0.905 bits per heavy atom. The molecule has 3 aliphatic heterocycles. The van der Waals surface area contributed by atoms with Crippen molar-refractivity contribution in [1.29, 1.82) is 0 Å². The second-order valence-electron chi connectivity index (χ2n) is 13.5. The van der Waals surface area contributed by atoms with Crippen LogP contribution in [0.15, 0.2) is 60.7 Å². The molecule has 42 heavy (non-hydrogen) atoms. The molecule has 5 rings (SSSR count). The van der Waals surface area contributed by atoms with Crippen LogP contribution in [-0.4, -0.2) is 60.6 Å². The second-order valence-corrected chi connectivity index (χ2v) is 13.5. The molecule has 7 nitrogen and oxygen atoms in total. The van der Waals surface area contributed by atoms with Gasteiger partial charge in [0.1, 0.15) is 0 Å². The molecule has 3 fully saturated rings. The third kappa shape index (κ3) is 9.58. The minimum absolute atomic E-state index is 0.00661. The van der Waals surface area contributed by atoms with E-state index in [9.17, 15) is 0 Å². The molecule has 0 saturated carbocycles. The SMILES string of the molecule is CC1(C)O[C@@H](C[C@H]2C[C@H](COCc3ccccc3)OC(C)(C)O2)C[C@@H](C[C@H]2C[C@H](Cc3ccccc3)OC(C)(C)O2)O1. The largest absolute Gasteiger partial charge is 0.374 e. The lowest BCUT2D eigenvalue weighted by molar-refractivity contribution is -0.335. The van der Waals surface area contributed by atoms with Gasteiger partial charge in [0, 0.05) is 32.1 Å². The normalized spacial score (nSPS) is 32.3. The minimum atomic E-state index is -0.684. The average molecular weight is 583 g/mol. The Hall–Kier alpha value is -1.84. The van der Waals surface area contributed by atoms with E-state index in [1.165, 1.54) is 5.56 Å². The summed E-state index contributed by atoms with van der Waals surface area (Å²) >= 11 is 0. The van der Waals surface area contributed by atoms with E-state index in [2.05, 4.69) is 36.4 Å². The van der Waals surface area contributed by atoms with Crippen LogP contribution < -0.4 is 0 Å². The number of hydrogen-bond donors (Lipinski definition) is 0. The highest BCUT2D eigenvalue weighted by Crippen LogP contribution is 2.38. The molecule has 0 aromatic heterocycles. The summed E-state index contributed by atoms with van der Waals surface area (Å²) in [6, 6.07) is 20.8. The molecule has 3 saturated heterocycles. The van der Waals surface area contributed by atoms with Gasteiger partial charge in [-0.2, -0.15) is 0 Å². The maximum absolute atomic E-state index is 6.45. The third-order valence-electron chi connectivity index (χ3n) is 8.05. The first-order valence-electron chi connectivity index (χ1n) is 15.6. The monoisotopic (exact) mass is 582 g/mol. The molecule has 0 unspecified atom stereocenters. The molecule has 0 N–H and O–H groups in total. The molecule has 2 aromatic carbocycles. The lowest BCUT2D eigenvalue weighted by Gasteiger charge is -2.46. The predicted molar refractivity (Wildman–Crippen MR) is 161 cm³/mol. The zero-order valence-electron chi connectivity index (χ0n) is 26.3. The van der Waals surface area contributed by atoms with Crippen LogP contribution in [0.25, 0.3) is 0 Å². The molecule has 6 atom stereocenters. The topological polar surface area (TPSA) is 64.6 Å². The highest BCUT2D eigenvalue weighted by Gasteiger charge is 2.43. The van der Waals surface area contributed by atoms with Gasteiger partial charge in [-0.15, -0.1) is 0 Å². The summed E-state index contributed by atoms with van der Waals surface area (Å²) in [6.07, 6.45) is 5.01. The molecule has 0 aliphatic carbocycles. The summed E-state index contributed by atoms with van der Waals surface area (Å²) in [5.41, 5.74) is 2.44. The third-order valence-corrected chi connectivity index (χ3v) is 8.05. The standard InChI is InChI=1S/C35H50O7/c1-33(2)37-27(17-25-13-9-7-10-14-25)18-28(38-33)19-29-20-30(40-34(3,4)39-29)21-31-22-32(42-35(5,6)41-31)24-36-23-26-15-11-8-12-16-26/h7-16,27-32H,17-24H2,1-6H3/t27-,28+,29+,30+,31-,32+/m0/s1.